The molecule has 9 nitrogen and oxygen atoms in total. The molecule has 4 rings (SSSR count). The van der Waals surface area contributed by atoms with Gasteiger partial charge in [0.2, 0.25) is 5.91 Å². The minimum atomic E-state index is -0.659. The van der Waals surface area contributed by atoms with E-state index in [1.165, 1.54) is 24.3 Å². The molecule has 39 heavy (non-hydrogen) atoms. The molecule has 0 aromatic heterocycles. The second-order valence-corrected chi connectivity index (χ2v) is 8.87. The first-order valence-electron chi connectivity index (χ1n) is 12.5. The Hall–Kier alpha value is -4.92. The summed E-state index contributed by atoms with van der Waals surface area (Å²) in [6, 6.07) is 23.4. The number of hydrazone groups is 1. The first-order valence-corrected chi connectivity index (χ1v) is 12.5. The Morgan fingerprint density at radius 3 is 2.18 bits per heavy atom. The normalized spacial score (nSPS) is 12.2. The quantitative estimate of drug-likeness (QED) is 0.137. The van der Waals surface area contributed by atoms with Crippen LogP contribution in [0.25, 0.3) is 17.2 Å². The minimum absolute atomic E-state index is 0.0679. The van der Waals surface area contributed by atoms with Gasteiger partial charge in [-0.05, 0) is 39.5 Å². The lowest BCUT2D eigenvalue weighted by molar-refractivity contribution is -0.141. The number of carbonyl (C=O) groups is 3. The number of nitrogens with one attached hydrogen (secondary N) is 1. The number of methoxy groups -OCH3 is 1. The molecule has 0 bridgehead atoms. The molecule has 0 fully saturated rings. The van der Waals surface area contributed by atoms with Gasteiger partial charge in [-0.1, -0.05) is 72.8 Å². The molecule has 0 heterocycles. The van der Waals surface area contributed by atoms with Crippen LogP contribution in [0, 0.1) is 0 Å². The van der Waals surface area contributed by atoms with Crippen LogP contribution in [-0.4, -0.2) is 62.4 Å². The van der Waals surface area contributed by atoms with Crippen molar-refractivity contribution >= 4 is 30.3 Å². The van der Waals surface area contributed by atoms with E-state index >= 15 is 0 Å². The van der Waals surface area contributed by atoms with Crippen LogP contribution in [0.5, 0.6) is 0 Å². The van der Waals surface area contributed by atoms with E-state index in [2.05, 4.69) is 22.6 Å². The largest absolute Gasteiger partial charge is 0.468 e. The lowest BCUT2D eigenvalue weighted by Crippen LogP contribution is -2.42. The van der Waals surface area contributed by atoms with Gasteiger partial charge >= 0.3 is 12.1 Å². The average Bonchev–Trinajstić information content (AvgIpc) is 3.28. The molecule has 0 spiro atoms. The molecular formula is C30H30N4O5. The SMILES string of the molecule is COC(=O)CN(CCNC(=O)C=Cc1ccc(C=NN)cc1)C(=O)OCC1c2ccccc2-c2ccccc21. The number of amides is 2. The molecule has 0 unspecified atom stereocenters. The molecule has 0 atom stereocenters. The number of carbonyl (C=O) groups excluding carboxylic acids is 3. The summed E-state index contributed by atoms with van der Waals surface area (Å²) in [4.78, 5) is 38.4. The fourth-order valence-electron chi connectivity index (χ4n) is 4.46. The molecule has 0 saturated carbocycles. The van der Waals surface area contributed by atoms with E-state index in [0.717, 1.165) is 33.4 Å². The second kappa shape index (κ2) is 13.0. The van der Waals surface area contributed by atoms with Crippen LogP contribution in [0.2, 0.25) is 0 Å². The summed E-state index contributed by atoms with van der Waals surface area (Å²) in [5.41, 5.74) is 6.09. The van der Waals surface area contributed by atoms with Crippen molar-refractivity contribution in [3.8, 4) is 11.1 Å². The minimum Gasteiger partial charge on any atom is -0.468 e. The van der Waals surface area contributed by atoms with Gasteiger partial charge in [0.05, 0.1) is 13.3 Å². The van der Waals surface area contributed by atoms with Crippen molar-refractivity contribution < 1.29 is 23.9 Å². The number of ether oxygens (including phenoxy) is 2. The lowest BCUT2D eigenvalue weighted by Gasteiger charge is -2.22. The molecule has 1 aliphatic rings. The molecule has 3 N–H and O–H groups in total. The van der Waals surface area contributed by atoms with E-state index in [-0.39, 0.29) is 38.1 Å². The van der Waals surface area contributed by atoms with Crippen molar-refractivity contribution in [3.05, 3.63) is 101 Å². The molecule has 2 amide bonds. The van der Waals surface area contributed by atoms with Crippen molar-refractivity contribution in [2.75, 3.05) is 33.4 Å². The smallest absolute Gasteiger partial charge is 0.410 e. The fraction of sp³-hybridized carbons (Fsp3) is 0.200. The van der Waals surface area contributed by atoms with E-state index in [1.807, 2.05) is 60.7 Å². The standard InChI is InChI=1S/C30H30N4O5/c1-38-29(36)19-34(17-16-32-28(35)15-14-21-10-12-22(13-11-21)18-33-31)30(37)39-20-27-25-8-4-2-6-23(25)24-7-3-5-9-26(24)27/h2-15,18,27H,16-17,19-20,31H2,1H3,(H,32,35). The van der Waals surface area contributed by atoms with Crippen LogP contribution in [0.15, 0.2) is 84.0 Å². The van der Waals surface area contributed by atoms with Crippen LogP contribution >= 0.6 is 0 Å². The highest BCUT2D eigenvalue weighted by atomic mass is 16.6. The van der Waals surface area contributed by atoms with E-state index < -0.39 is 12.1 Å². The molecule has 0 radical (unpaired) electrons. The Morgan fingerprint density at radius 2 is 1.56 bits per heavy atom. The predicted octanol–water partition coefficient (Wildman–Crippen LogP) is 3.53. The van der Waals surface area contributed by atoms with Crippen LogP contribution in [0.4, 0.5) is 4.79 Å². The lowest BCUT2D eigenvalue weighted by atomic mass is 9.98. The average molecular weight is 527 g/mol. The highest BCUT2D eigenvalue weighted by Gasteiger charge is 2.30. The number of nitrogens with two attached hydrogens (primary N) is 1. The van der Waals surface area contributed by atoms with E-state index in [1.54, 1.807) is 6.08 Å². The summed E-state index contributed by atoms with van der Waals surface area (Å²) in [5, 5.41) is 6.19. The van der Waals surface area contributed by atoms with Crippen LogP contribution in [0.1, 0.15) is 28.2 Å². The number of nitrogens with zero attached hydrogens (tertiary/aromatic N) is 2. The number of rotatable bonds is 10. The first-order chi connectivity index (χ1) is 19.0. The topological polar surface area (TPSA) is 123 Å². The summed E-state index contributed by atoms with van der Waals surface area (Å²) in [6.07, 6.45) is 3.92. The zero-order valence-corrected chi connectivity index (χ0v) is 21.6. The van der Waals surface area contributed by atoms with E-state index in [0.29, 0.717) is 0 Å². The van der Waals surface area contributed by atoms with Gasteiger partial charge in [-0.3, -0.25) is 14.5 Å². The monoisotopic (exact) mass is 526 g/mol. The van der Waals surface area contributed by atoms with Crippen molar-refractivity contribution in [2.45, 2.75) is 5.92 Å². The summed E-state index contributed by atoms with van der Waals surface area (Å²) in [6.45, 7) is 0.0155. The highest BCUT2D eigenvalue weighted by molar-refractivity contribution is 5.92. The van der Waals surface area contributed by atoms with E-state index in [4.69, 9.17) is 15.3 Å². The van der Waals surface area contributed by atoms with Crippen molar-refractivity contribution in [2.24, 2.45) is 10.9 Å². The molecule has 200 valence electrons. The Bertz CT molecular complexity index is 1340. The number of hydrogen-bond donors (Lipinski definition) is 2. The summed E-state index contributed by atoms with van der Waals surface area (Å²) in [7, 11) is 1.25. The number of esters is 1. The second-order valence-electron chi connectivity index (χ2n) is 8.87. The summed E-state index contributed by atoms with van der Waals surface area (Å²) >= 11 is 0. The van der Waals surface area contributed by atoms with Gasteiger partial charge in [0, 0.05) is 25.1 Å². The third-order valence-electron chi connectivity index (χ3n) is 6.41. The van der Waals surface area contributed by atoms with Gasteiger partial charge in [-0.2, -0.15) is 5.10 Å². The Kier molecular flexibility index (Phi) is 9.07. The number of benzene rings is 3. The third-order valence-corrected chi connectivity index (χ3v) is 6.41. The molecule has 1 aliphatic carbocycles. The molecule has 3 aromatic rings. The van der Waals surface area contributed by atoms with Gasteiger partial charge in [-0.25, -0.2) is 4.79 Å². The zero-order chi connectivity index (χ0) is 27.6. The highest BCUT2D eigenvalue weighted by Crippen LogP contribution is 2.44. The van der Waals surface area contributed by atoms with Crippen molar-refractivity contribution in [3.63, 3.8) is 0 Å². The van der Waals surface area contributed by atoms with Gasteiger partial charge < -0.3 is 20.6 Å². The maximum absolute atomic E-state index is 13.0. The molecule has 0 aliphatic heterocycles. The van der Waals surface area contributed by atoms with Gasteiger partial charge in [0.1, 0.15) is 13.2 Å². The summed E-state index contributed by atoms with van der Waals surface area (Å²) in [5.74, 6) is 4.11. The van der Waals surface area contributed by atoms with Crippen molar-refractivity contribution in [1.29, 1.82) is 0 Å². The van der Waals surface area contributed by atoms with E-state index in [9.17, 15) is 14.4 Å². The third kappa shape index (κ3) is 6.89. The summed E-state index contributed by atoms with van der Waals surface area (Å²) < 4.78 is 10.4. The fourth-order valence-corrected chi connectivity index (χ4v) is 4.46. The van der Waals surface area contributed by atoms with Gasteiger partial charge in [-0.15, -0.1) is 0 Å². The molecule has 0 saturated heterocycles. The number of hydrogen-bond acceptors (Lipinski definition) is 7. The van der Waals surface area contributed by atoms with Crippen LogP contribution < -0.4 is 11.2 Å². The first kappa shape index (κ1) is 27.1. The molecular weight excluding hydrogens is 496 g/mol. The predicted molar refractivity (Wildman–Crippen MR) is 149 cm³/mol. The number of fused-ring (bicyclic) bond motifs is 3. The Labute approximate surface area is 226 Å². The maximum atomic E-state index is 13.0. The zero-order valence-electron chi connectivity index (χ0n) is 21.6. The maximum Gasteiger partial charge on any atom is 0.410 e. The van der Waals surface area contributed by atoms with Gasteiger partial charge in [0.15, 0.2) is 0 Å². The Balaban J connectivity index is 1.33. The van der Waals surface area contributed by atoms with Crippen LogP contribution in [-0.2, 0) is 19.1 Å². The molecule has 9 heteroatoms. The van der Waals surface area contributed by atoms with Gasteiger partial charge in [0.25, 0.3) is 0 Å². The Morgan fingerprint density at radius 1 is 0.949 bits per heavy atom. The van der Waals surface area contributed by atoms with Crippen molar-refractivity contribution in [1.82, 2.24) is 10.2 Å². The molecule has 3 aromatic carbocycles. The van der Waals surface area contributed by atoms with Crippen LogP contribution in [0.3, 0.4) is 0 Å².